The number of carbonyl (C=O) groups is 1. The molecule has 0 amide bonds. The molecule has 1 aliphatic rings. The number of aromatic nitrogens is 1. The zero-order chi connectivity index (χ0) is 24.9. The van der Waals surface area contributed by atoms with Crippen LogP contribution in [0.4, 0.5) is 30.4 Å². The number of pyridine rings is 1. The Kier molecular flexibility index (Phi) is 8.44. The molecule has 0 spiro atoms. The molecule has 0 saturated heterocycles. The van der Waals surface area contributed by atoms with Crippen molar-refractivity contribution in [3.8, 4) is 0 Å². The van der Waals surface area contributed by atoms with Gasteiger partial charge in [0.2, 0.25) is 0 Å². The molecule has 1 fully saturated rings. The van der Waals surface area contributed by atoms with E-state index in [-0.39, 0.29) is 12.3 Å². The molecule has 0 unspecified atom stereocenters. The van der Waals surface area contributed by atoms with Crippen molar-refractivity contribution in [2.24, 2.45) is 5.92 Å². The van der Waals surface area contributed by atoms with Gasteiger partial charge in [0.25, 0.3) is 0 Å². The second-order valence-electron chi connectivity index (χ2n) is 9.67. The van der Waals surface area contributed by atoms with E-state index in [0.29, 0.717) is 17.8 Å². The average molecular weight is 478 g/mol. The quantitative estimate of drug-likeness (QED) is 0.399. The number of nitrogens with one attached hydrogen (secondary N) is 1. The molecule has 1 aliphatic carbocycles. The van der Waals surface area contributed by atoms with Gasteiger partial charge in [0.1, 0.15) is 5.82 Å². The van der Waals surface area contributed by atoms with E-state index >= 15 is 0 Å². The van der Waals surface area contributed by atoms with Crippen LogP contribution in [0.3, 0.4) is 0 Å². The third-order valence-corrected chi connectivity index (χ3v) is 6.31. The molecule has 2 N–H and O–H groups in total. The smallest absolute Gasteiger partial charge is 0.417 e. The van der Waals surface area contributed by atoms with Crippen molar-refractivity contribution in [3.63, 3.8) is 0 Å². The summed E-state index contributed by atoms with van der Waals surface area (Å²) >= 11 is 0. The van der Waals surface area contributed by atoms with E-state index in [1.807, 2.05) is 25.1 Å². The lowest BCUT2D eigenvalue weighted by Gasteiger charge is -2.38. The van der Waals surface area contributed by atoms with Crippen LogP contribution in [-0.4, -0.2) is 28.6 Å². The molecule has 5 nitrogen and oxygen atoms in total. The Morgan fingerprint density at radius 1 is 1.15 bits per heavy atom. The molecule has 1 atom stereocenters. The van der Waals surface area contributed by atoms with Crippen LogP contribution in [0.1, 0.15) is 76.3 Å². The maximum atomic E-state index is 13.0. The summed E-state index contributed by atoms with van der Waals surface area (Å²) in [7, 11) is 0. The van der Waals surface area contributed by atoms with Gasteiger partial charge in [-0.2, -0.15) is 13.2 Å². The second-order valence-corrected chi connectivity index (χ2v) is 9.67. The van der Waals surface area contributed by atoms with E-state index in [1.54, 1.807) is 0 Å². The number of carboxylic acids is 1. The van der Waals surface area contributed by atoms with Gasteiger partial charge in [-0.05, 0) is 54.5 Å². The number of hydrogen-bond donors (Lipinski definition) is 2. The van der Waals surface area contributed by atoms with Crippen LogP contribution in [0.2, 0.25) is 0 Å². The Morgan fingerprint density at radius 2 is 1.85 bits per heavy atom. The number of carboxylic acid groups (broad SMARTS) is 1. The summed E-state index contributed by atoms with van der Waals surface area (Å²) in [5, 5.41) is 12.5. The van der Waals surface area contributed by atoms with Gasteiger partial charge in [-0.1, -0.05) is 46.1 Å². The fourth-order valence-electron chi connectivity index (χ4n) is 4.59. The van der Waals surface area contributed by atoms with Crippen LogP contribution in [0.25, 0.3) is 0 Å². The van der Waals surface area contributed by atoms with Gasteiger partial charge in [0, 0.05) is 18.8 Å². The first kappa shape index (κ1) is 25.8. The topological polar surface area (TPSA) is 65.5 Å². The van der Waals surface area contributed by atoms with Crippen LogP contribution in [0.15, 0.2) is 36.5 Å². The maximum absolute atomic E-state index is 13.0. The normalized spacial score (nSPS) is 15.9. The number of anilines is 3. The summed E-state index contributed by atoms with van der Waals surface area (Å²) in [4.78, 5) is 17.6. The van der Waals surface area contributed by atoms with Crippen LogP contribution < -0.4 is 10.2 Å². The molecule has 1 heterocycles. The fourth-order valence-corrected chi connectivity index (χ4v) is 4.59. The van der Waals surface area contributed by atoms with Crippen molar-refractivity contribution in [1.82, 2.24) is 4.98 Å². The molecule has 0 radical (unpaired) electrons. The summed E-state index contributed by atoms with van der Waals surface area (Å²) in [5.74, 6) is -0.352. The summed E-state index contributed by atoms with van der Waals surface area (Å²) in [5.41, 5.74) is 1.75. The van der Waals surface area contributed by atoms with Crippen LogP contribution >= 0.6 is 0 Å². The van der Waals surface area contributed by atoms with E-state index in [0.717, 1.165) is 48.6 Å². The van der Waals surface area contributed by atoms with E-state index in [2.05, 4.69) is 29.0 Å². The zero-order valence-electron chi connectivity index (χ0n) is 20.0. The SMILES string of the molecule is CC(C)CN(c1ccc([C@H](C)CC(=O)O)cc1Nc1ccc(C(F)(F)F)cn1)C1CCCCC1. The molecule has 2 aromatic rings. The minimum Gasteiger partial charge on any atom is -0.481 e. The first-order chi connectivity index (χ1) is 16.0. The number of nitrogens with zero attached hydrogens (tertiary/aromatic N) is 2. The van der Waals surface area contributed by atoms with Gasteiger partial charge in [0.15, 0.2) is 0 Å². The molecular formula is C26H34F3N3O2. The third kappa shape index (κ3) is 6.87. The largest absolute Gasteiger partial charge is 0.481 e. The lowest BCUT2D eigenvalue weighted by Crippen LogP contribution is -2.39. The number of benzene rings is 1. The van der Waals surface area contributed by atoms with Gasteiger partial charge < -0.3 is 15.3 Å². The summed E-state index contributed by atoms with van der Waals surface area (Å²) in [6, 6.07) is 8.62. The minimum absolute atomic E-state index is 0.00432. The Balaban J connectivity index is 2.00. The van der Waals surface area contributed by atoms with Crippen molar-refractivity contribution in [2.75, 3.05) is 16.8 Å². The fraction of sp³-hybridized carbons (Fsp3) is 0.538. The average Bonchev–Trinajstić information content (AvgIpc) is 2.77. The maximum Gasteiger partial charge on any atom is 0.417 e. The van der Waals surface area contributed by atoms with Gasteiger partial charge in [-0.15, -0.1) is 0 Å². The van der Waals surface area contributed by atoms with Crippen molar-refractivity contribution in [1.29, 1.82) is 0 Å². The zero-order valence-corrected chi connectivity index (χ0v) is 20.0. The van der Waals surface area contributed by atoms with Gasteiger partial charge >= 0.3 is 12.1 Å². The molecule has 8 heteroatoms. The Hall–Kier alpha value is -2.77. The minimum atomic E-state index is -4.45. The highest BCUT2D eigenvalue weighted by Gasteiger charge is 2.31. The number of rotatable bonds is 9. The van der Waals surface area contributed by atoms with Crippen LogP contribution in [-0.2, 0) is 11.0 Å². The van der Waals surface area contributed by atoms with Crippen molar-refractivity contribution < 1.29 is 23.1 Å². The first-order valence-electron chi connectivity index (χ1n) is 12.0. The molecule has 0 bridgehead atoms. The van der Waals surface area contributed by atoms with E-state index < -0.39 is 17.7 Å². The monoisotopic (exact) mass is 477 g/mol. The molecule has 1 aromatic carbocycles. The number of alkyl halides is 3. The molecule has 186 valence electrons. The van der Waals surface area contributed by atoms with Crippen molar-refractivity contribution in [3.05, 3.63) is 47.7 Å². The number of aliphatic carboxylic acids is 1. The van der Waals surface area contributed by atoms with Gasteiger partial charge in [-0.3, -0.25) is 4.79 Å². The molecule has 3 rings (SSSR count). The Labute approximate surface area is 199 Å². The molecule has 1 saturated carbocycles. The highest BCUT2D eigenvalue weighted by Crippen LogP contribution is 2.37. The lowest BCUT2D eigenvalue weighted by atomic mass is 9.92. The highest BCUT2D eigenvalue weighted by molar-refractivity contribution is 5.76. The van der Waals surface area contributed by atoms with Crippen molar-refractivity contribution in [2.45, 2.75) is 77.4 Å². The molecule has 0 aliphatic heterocycles. The summed E-state index contributed by atoms with van der Waals surface area (Å²) in [6.07, 6.45) is 2.16. The lowest BCUT2D eigenvalue weighted by molar-refractivity contribution is -0.138. The summed E-state index contributed by atoms with van der Waals surface area (Å²) in [6.45, 7) is 7.05. The van der Waals surface area contributed by atoms with Crippen molar-refractivity contribution >= 4 is 23.2 Å². The number of halogens is 3. The van der Waals surface area contributed by atoms with Crippen LogP contribution in [0, 0.1) is 5.92 Å². The molecule has 34 heavy (non-hydrogen) atoms. The Bertz CT molecular complexity index is 955. The molecular weight excluding hydrogens is 443 g/mol. The summed E-state index contributed by atoms with van der Waals surface area (Å²) < 4.78 is 38.9. The van der Waals surface area contributed by atoms with E-state index in [9.17, 15) is 23.1 Å². The first-order valence-corrected chi connectivity index (χ1v) is 12.0. The Morgan fingerprint density at radius 3 is 2.41 bits per heavy atom. The van der Waals surface area contributed by atoms with Gasteiger partial charge in [-0.25, -0.2) is 4.98 Å². The molecule has 1 aromatic heterocycles. The third-order valence-electron chi connectivity index (χ3n) is 6.31. The van der Waals surface area contributed by atoms with E-state index in [4.69, 9.17) is 0 Å². The number of hydrogen-bond acceptors (Lipinski definition) is 4. The predicted molar refractivity (Wildman–Crippen MR) is 129 cm³/mol. The van der Waals surface area contributed by atoms with Crippen LogP contribution in [0.5, 0.6) is 0 Å². The predicted octanol–water partition coefficient (Wildman–Crippen LogP) is 7.22. The van der Waals surface area contributed by atoms with Gasteiger partial charge in [0.05, 0.1) is 23.4 Å². The standard InChI is InChI=1S/C26H34F3N3O2/c1-17(2)16-32(21-7-5-4-6-8-21)23-11-9-19(18(3)13-25(33)34)14-22(23)31-24-12-10-20(15-30-24)26(27,28)29/h9-12,14-15,17-18,21H,4-8,13,16H2,1-3H3,(H,30,31)(H,33,34)/t18-/m1/s1. The van der Waals surface area contributed by atoms with E-state index in [1.165, 1.54) is 25.3 Å². The highest BCUT2D eigenvalue weighted by atomic mass is 19.4. The second kappa shape index (κ2) is 11.1.